The van der Waals surface area contributed by atoms with Crippen molar-refractivity contribution in [3.05, 3.63) is 24.3 Å². The molecule has 1 saturated heterocycles. The van der Waals surface area contributed by atoms with E-state index in [1.165, 1.54) is 28.6 Å². The van der Waals surface area contributed by atoms with E-state index in [9.17, 15) is 16.8 Å². The maximum absolute atomic E-state index is 13.1. The van der Waals surface area contributed by atoms with Crippen LogP contribution in [-0.2, 0) is 20.0 Å². The second kappa shape index (κ2) is 7.20. The largest absolute Gasteiger partial charge is 0.396 e. The maximum Gasteiger partial charge on any atom is 0.243 e. The summed E-state index contributed by atoms with van der Waals surface area (Å²) in [6, 6.07) is 5.42. The Labute approximate surface area is 155 Å². The van der Waals surface area contributed by atoms with Crippen LogP contribution >= 0.6 is 0 Å². The van der Waals surface area contributed by atoms with Crippen molar-refractivity contribution >= 4 is 20.0 Å². The first kappa shape index (κ1) is 19.8. The Kier molecular flexibility index (Phi) is 5.47. The molecule has 1 aromatic rings. The van der Waals surface area contributed by atoms with Crippen molar-refractivity contribution in [2.24, 2.45) is 0 Å². The lowest BCUT2D eigenvalue weighted by atomic mass is 9.94. The van der Waals surface area contributed by atoms with Crippen LogP contribution in [0.5, 0.6) is 0 Å². The number of hydrogen-bond donors (Lipinski definition) is 2. The van der Waals surface area contributed by atoms with Gasteiger partial charge >= 0.3 is 0 Å². The van der Waals surface area contributed by atoms with Crippen LogP contribution in [0.1, 0.15) is 45.4 Å². The van der Waals surface area contributed by atoms with Crippen LogP contribution in [0.4, 0.5) is 0 Å². The van der Waals surface area contributed by atoms with E-state index in [0.717, 1.165) is 25.7 Å². The molecule has 2 N–H and O–H groups in total. The zero-order valence-corrected chi connectivity index (χ0v) is 16.5. The highest BCUT2D eigenvalue weighted by Gasteiger charge is 2.43. The van der Waals surface area contributed by atoms with Gasteiger partial charge in [-0.05, 0) is 69.7 Å². The maximum atomic E-state index is 13.1. The molecule has 146 valence electrons. The number of sulfonamides is 2. The van der Waals surface area contributed by atoms with E-state index in [1.54, 1.807) is 0 Å². The number of benzene rings is 1. The molecule has 1 heterocycles. The van der Waals surface area contributed by atoms with E-state index in [4.69, 9.17) is 5.11 Å². The fraction of sp³-hybridized carbons (Fsp3) is 0.647. The van der Waals surface area contributed by atoms with E-state index < -0.39 is 25.6 Å². The number of aliphatic hydroxyl groups is 1. The van der Waals surface area contributed by atoms with E-state index >= 15 is 0 Å². The summed E-state index contributed by atoms with van der Waals surface area (Å²) in [4.78, 5) is 0.174. The molecule has 2 aliphatic rings. The smallest absolute Gasteiger partial charge is 0.243 e. The molecule has 0 aromatic heterocycles. The predicted octanol–water partition coefficient (Wildman–Crippen LogP) is 1.44. The highest BCUT2D eigenvalue weighted by molar-refractivity contribution is 7.89. The lowest BCUT2D eigenvalue weighted by Crippen LogP contribution is -2.45. The van der Waals surface area contributed by atoms with E-state index in [0.29, 0.717) is 19.4 Å². The first-order valence-corrected chi connectivity index (χ1v) is 11.9. The summed E-state index contributed by atoms with van der Waals surface area (Å²) in [5, 5.41) is 9.09. The molecule has 1 aliphatic carbocycles. The number of nitrogens with zero attached hydrogens (tertiary/aromatic N) is 1. The van der Waals surface area contributed by atoms with E-state index in [1.807, 2.05) is 6.92 Å². The summed E-state index contributed by atoms with van der Waals surface area (Å²) in [7, 11) is -7.31. The van der Waals surface area contributed by atoms with Crippen LogP contribution in [0.2, 0.25) is 0 Å². The van der Waals surface area contributed by atoms with Crippen molar-refractivity contribution in [2.45, 2.75) is 66.8 Å². The third kappa shape index (κ3) is 3.96. The quantitative estimate of drug-likeness (QED) is 0.685. The van der Waals surface area contributed by atoms with E-state index in [-0.39, 0.29) is 22.4 Å². The topological polar surface area (TPSA) is 104 Å². The van der Waals surface area contributed by atoms with Gasteiger partial charge in [-0.25, -0.2) is 21.6 Å². The Balaban J connectivity index is 1.83. The van der Waals surface area contributed by atoms with E-state index in [2.05, 4.69) is 4.72 Å². The van der Waals surface area contributed by atoms with Crippen LogP contribution in [0, 0.1) is 0 Å². The van der Waals surface area contributed by atoms with Crippen molar-refractivity contribution in [3.8, 4) is 0 Å². The van der Waals surface area contributed by atoms with Crippen LogP contribution in [-0.4, -0.2) is 51.0 Å². The van der Waals surface area contributed by atoms with Gasteiger partial charge in [-0.1, -0.05) is 0 Å². The third-order valence-electron chi connectivity index (χ3n) is 5.17. The molecule has 1 saturated carbocycles. The molecule has 0 radical (unpaired) electrons. The van der Waals surface area contributed by atoms with Crippen LogP contribution < -0.4 is 4.72 Å². The minimum atomic E-state index is -3.71. The lowest BCUT2D eigenvalue weighted by Gasteiger charge is -2.34. The molecule has 2 fully saturated rings. The second-order valence-corrected chi connectivity index (χ2v) is 10.9. The molecule has 1 atom stereocenters. The van der Waals surface area contributed by atoms with Gasteiger partial charge in [-0.15, -0.1) is 0 Å². The molecule has 3 rings (SSSR count). The predicted molar refractivity (Wildman–Crippen MR) is 97.6 cm³/mol. The number of aliphatic hydroxyl groups excluding tert-OH is 1. The minimum Gasteiger partial charge on any atom is -0.396 e. The molecule has 1 aromatic carbocycles. The zero-order chi connectivity index (χ0) is 19.0. The lowest BCUT2D eigenvalue weighted by molar-refractivity contribution is 0.209. The normalized spacial score (nSPS) is 24.8. The highest BCUT2D eigenvalue weighted by atomic mass is 32.2. The first-order valence-electron chi connectivity index (χ1n) is 8.95. The molecule has 9 heteroatoms. The van der Waals surface area contributed by atoms with Crippen LogP contribution in [0.15, 0.2) is 34.1 Å². The fourth-order valence-corrected chi connectivity index (χ4v) is 6.70. The monoisotopic (exact) mass is 402 g/mol. The van der Waals surface area contributed by atoms with Crippen molar-refractivity contribution < 1.29 is 21.9 Å². The second-order valence-electron chi connectivity index (χ2n) is 7.37. The molecule has 1 aliphatic heterocycles. The number of rotatable bonds is 8. The summed E-state index contributed by atoms with van der Waals surface area (Å²) in [6.45, 7) is 2.38. The molecular formula is C17H26N2O5S2. The van der Waals surface area contributed by atoms with Gasteiger partial charge < -0.3 is 5.11 Å². The van der Waals surface area contributed by atoms with Crippen molar-refractivity contribution in [2.75, 3.05) is 13.2 Å². The molecule has 0 spiro atoms. The molecule has 0 amide bonds. The number of nitrogens with one attached hydrogen (secondary N) is 1. The highest BCUT2D eigenvalue weighted by Crippen LogP contribution is 2.37. The van der Waals surface area contributed by atoms with Crippen LogP contribution in [0.25, 0.3) is 0 Å². The molecule has 7 nitrogen and oxygen atoms in total. The Morgan fingerprint density at radius 2 is 1.77 bits per heavy atom. The molecule has 26 heavy (non-hydrogen) atoms. The number of hydrogen-bond acceptors (Lipinski definition) is 5. The van der Waals surface area contributed by atoms with Crippen molar-refractivity contribution in [1.82, 2.24) is 9.03 Å². The summed E-state index contributed by atoms with van der Waals surface area (Å²) in [5.74, 6) is 0. The summed E-state index contributed by atoms with van der Waals surface area (Å²) in [5.41, 5.74) is -0.514. The van der Waals surface area contributed by atoms with Gasteiger partial charge in [0.1, 0.15) is 0 Å². The SMILES string of the molecule is CC1(CCCO)CCCN1S(=O)(=O)c1ccc(S(=O)(=O)NC2CC2)cc1. The molecule has 1 unspecified atom stereocenters. The Bertz CT molecular complexity index is 848. The fourth-order valence-electron chi connectivity index (χ4n) is 3.52. The summed E-state index contributed by atoms with van der Waals surface area (Å²) >= 11 is 0. The van der Waals surface area contributed by atoms with Gasteiger partial charge in [0.15, 0.2) is 0 Å². The van der Waals surface area contributed by atoms with Crippen LogP contribution in [0.3, 0.4) is 0 Å². The Hall–Kier alpha value is -1.00. The zero-order valence-electron chi connectivity index (χ0n) is 14.9. The summed E-state index contributed by atoms with van der Waals surface area (Å²) < 4.78 is 54.7. The third-order valence-corrected chi connectivity index (χ3v) is 8.78. The van der Waals surface area contributed by atoms with Gasteiger partial charge in [0.2, 0.25) is 20.0 Å². The van der Waals surface area contributed by atoms with Gasteiger partial charge in [0.25, 0.3) is 0 Å². The average Bonchev–Trinajstić information content (AvgIpc) is 3.31. The van der Waals surface area contributed by atoms with Gasteiger partial charge in [0, 0.05) is 24.7 Å². The van der Waals surface area contributed by atoms with Gasteiger partial charge in [-0.3, -0.25) is 0 Å². The van der Waals surface area contributed by atoms with Gasteiger partial charge in [0.05, 0.1) is 9.79 Å². The standard InChI is InChI=1S/C17H26N2O5S2/c1-17(11-3-13-20)10-2-12-19(17)26(23,24)16-8-6-15(7-9-16)25(21,22)18-14-4-5-14/h6-9,14,18,20H,2-5,10-13H2,1H3. The molecular weight excluding hydrogens is 376 g/mol. The average molecular weight is 403 g/mol. The van der Waals surface area contributed by atoms with Gasteiger partial charge in [-0.2, -0.15) is 4.31 Å². The Morgan fingerprint density at radius 3 is 2.35 bits per heavy atom. The Morgan fingerprint density at radius 1 is 1.15 bits per heavy atom. The van der Waals surface area contributed by atoms with Crippen molar-refractivity contribution in [1.29, 1.82) is 0 Å². The van der Waals surface area contributed by atoms with Crippen molar-refractivity contribution in [3.63, 3.8) is 0 Å². The minimum absolute atomic E-state index is 0.000224. The first-order chi connectivity index (χ1) is 12.2. The molecule has 0 bridgehead atoms. The summed E-state index contributed by atoms with van der Waals surface area (Å²) in [6.07, 6.45) is 4.36.